The zero-order valence-electron chi connectivity index (χ0n) is 20.2. The van der Waals surface area contributed by atoms with Gasteiger partial charge >= 0.3 is 0 Å². The number of Topliss-reactive ketones (excluding diaryl/α,β-unsaturated/α-hetero) is 2. The van der Waals surface area contributed by atoms with Crippen molar-refractivity contribution < 1.29 is 18.6 Å². The normalized spacial score (nSPS) is 22.8. The Bertz CT molecular complexity index is 853. The fourth-order valence-electron chi connectivity index (χ4n) is 5.92. The highest BCUT2D eigenvalue weighted by Crippen LogP contribution is 2.24. The van der Waals surface area contributed by atoms with Crippen molar-refractivity contribution in [2.45, 2.75) is 12.8 Å². The van der Waals surface area contributed by atoms with Gasteiger partial charge in [-0.05, 0) is 22.9 Å². The molecule has 3 fully saturated rings. The van der Waals surface area contributed by atoms with Crippen LogP contribution in [0.3, 0.4) is 0 Å². The molecule has 0 aromatic carbocycles. The molecule has 0 amide bonds. The number of carbonyl (C=O) groups is 2. The Labute approximate surface area is 211 Å². The quantitative estimate of drug-likeness (QED) is 0.411. The van der Waals surface area contributed by atoms with Gasteiger partial charge in [0.25, 0.3) is 0 Å². The number of nitrogens with zero attached hydrogens (tertiary/aromatic N) is 4. The van der Waals surface area contributed by atoms with Gasteiger partial charge in [0.15, 0.2) is 11.6 Å². The standard InChI is InChI=1S/C26H38N4O2S2/c31-23(25-3-1-21-33-25)5-7-27-9-13-29(14-10-27)17-19-30(20-18-29)15-11-28(12-16-30)8-6-24(32)26-4-2-22-34-26/h1-4,21-22H,5-20H2/q+2. The molecule has 0 atom stereocenters. The van der Waals surface area contributed by atoms with Crippen LogP contribution in [0.4, 0.5) is 0 Å². The Morgan fingerprint density at radius 2 is 1.03 bits per heavy atom. The molecule has 0 aliphatic carbocycles. The topological polar surface area (TPSA) is 40.6 Å². The maximum atomic E-state index is 12.3. The van der Waals surface area contributed by atoms with Gasteiger partial charge < -0.3 is 8.97 Å². The minimum absolute atomic E-state index is 0.295. The fraction of sp³-hybridized carbons (Fsp3) is 0.615. The van der Waals surface area contributed by atoms with E-state index >= 15 is 0 Å². The van der Waals surface area contributed by atoms with Crippen molar-refractivity contribution >= 4 is 34.2 Å². The van der Waals surface area contributed by atoms with Crippen molar-refractivity contribution in [2.75, 3.05) is 91.6 Å². The highest BCUT2D eigenvalue weighted by molar-refractivity contribution is 7.12. The average molecular weight is 503 g/mol. The lowest BCUT2D eigenvalue weighted by Crippen LogP contribution is -2.73. The third-order valence-corrected chi connectivity index (χ3v) is 10.4. The van der Waals surface area contributed by atoms with Crippen molar-refractivity contribution in [3.8, 4) is 0 Å². The molecule has 3 aliphatic heterocycles. The lowest BCUT2D eigenvalue weighted by molar-refractivity contribution is -1.03. The van der Waals surface area contributed by atoms with E-state index in [1.807, 2.05) is 35.0 Å². The van der Waals surface area contributed by atoms with Crippen LogP contribution >= 0.6 is 22.7 Å². The molecule has 184 valence electrons. The average Bonchev–Trinajstić information content (AvgIpc) is 3.60. The van der Waals surface area contributed by atoms with E-state index in [1.165, 1.54) is 61.3 Å². The summed E-state index contributed by atoms with van der Waals surface area (Å²) in [6.07, 6.45) is 1.30. The number of rotatable bonds is 8. The van der Waals surface area contributed by atoms with Crippen LogP contribution in [0.2, 0.25) is 0 Å². The minimum atomic E-state index is 0.295. The van der Waals surface area contributed by atoms with Crippen LogP contribution in [0.5, 0.6) is 0 Å². The maximum Gasteiger partial charge on any atom is 0.174 e. The van der Waals surface area contributed by atoms with Crippen LogP contribution in [-0.2, 0) is 0 Å². The summed E-state index contributed by atoms with van der Waals surface area (Å²) in [6, 6.07) is 7.82. The molecule has 3 aliphatic rings. The van der Waals surface area contributed by atoms with Gasteiger partial charge in [0.05, 0.1) is 35.9 Å². The first-order chi connectivity index (χ1) is 16.5. The van der Waals surface area contributed by atoms with Gasteiger partial charge in [-0.1, -0.05) is 12.1 Å². The second kappa shape index (κ2) is 10.7. The van der Waals surface area contributed by atoms with E-state index in [2.05, 4.69) is 9.80 Å². The first kappa shape index (κ1) is 24.3. The number of hydrogen-bond acceptors (Lipinski definition) is 6. The van der Waals surface area contributed by atoms with Crippen molar-refractivity contribution in [3.63, 3.8) is 0 Å². The first-order valence-corrected chi connectivity index (χ1v) is 14.6. The predicted octanol–water partition coefficient (Wildman–Crippen LogP) is 2.93. The number of carbonyl (C=O) groups excluding carboxylic acids is 2. The molecule has 2 spiro atoms. The molecule has 0 N–H and O–H groups in total. The number of piperazine rings is 3. The molecular formula is C26H38N4O2S2+2. The minimum Gasteiger partial charge on any atom is -0.312 e. The first-order valence-electron chi connectivity index (χ1n) is 12.8. The van der Waals surface area contributed by atoms with Gasteiger partial charge in [-0.15, -0.1) is 22.7 Å². The van der Waals surface area contributed by atoms with Gasteiger partial charge in [0.1, 0.15) is 26.2 Å². The summed E-state index contributed by atoms with van der Waals surface area (Å²) in [5.74, 6) is 0.591. The maximum absolute atomic E-state index is 12.3. The molecule has 0 radical (unpaired) electrons. The van der Waals surface area contributed by atoms with Gasteiger partial charge in [-0.2, -0.15) is 0 Å². The third kappa shape index (κ3) is 5.69. The highest BCUT2D eigenvalue weighted by atomic mass is 32.1. The van der Waals surface area contributed by atoms with E-state index in [-0.39, 0.29) is 0 Å². The molecular weight excluding hydrogens is 464 g/mol. The number of quaternary nitrogens is 2. The zero-order valence-corrected chi connectivity index (χ0v) is 21.8. The molecule has 0 saturated carbocycles. The van der Waals surface area contributed by atoms with Crippen LogP contribution in [-0.4, -0.2) is 122 Å². The van der Waals surface area contributed by atoms with Crippen LogP contribution < -0.4 is 0 Å². The molecule has 2 aromatic rings. The summed E-state index contributed by atoms with van der Waals surface area (Å²) in [7, 11) is 0. The van der Waals surface area contributed by atoms with E-state index in [9.17, 15) is 9.59 Å². The smallest absolute Gasteiger partial charge is 0.174 e. The Kier molecular flexibility index (Phi) is 7.63. The predicted molar refractivity (Wildman–Crippen MR) is 139 cm³/mol. The fourth-order valence-corrected chi connectivity index (χ4v) is 7.30. The molecule has 5 rings (SSSR count). The van der Waals surface area contributed by atoms with Crippen LogP contribution in [0.25, 0.3) is 0 Å². The number of ketones is 2. The highest BCUT2D eigenvalue weighted by Gasteiger charge is 2.45. The lowest BCUT2D eigenvalue weighted by atomic mass is 10.1. The van der Waals surface area contributed by atoms with Crippen molar-refractivity contribution in [2.24, 2.45) is 0 Å². The SMILES string of the molecule is O=C(CCN1CC[N+]2(CC1)CC[N+]1(CCN(CCC(=O)c3cccs3)CC1)CC2)c1cccs1. The molecule has 6 nitrogen and oxygen atoms in total. The third-order valence-electron chi connectivity index (χ3n) is 8.56. The molecule has 0 bridgehead atoms. The Morgan fingerprint density at radius 1 is 0.647 bits per heavy atom. The van der Waals surface area contributed by atoms with Crippen molar-refractivity contribution in [1.29, 1.82) is 0 Å². The Morgan fingerprint density at radius 3 is 1.35 bits per heavy atom. The van der Waals surface area contributed by atoms with Crippen LogP contribution in [0.15, 0.2) is 35.0 Å². The summed E-state index contributed by atoms with van der Waals surface area (Å²) >= 11 is 3.12. The van der Waals surface area contributed by atoms with E-state index in [1.54, 1.807) is 22.7 Å². The number of hydrogen-bond donors (Lipinski definition) is 0. The second-order valence-electron chi connectivity index (χ2n) is 10.5. The van der Waals surface area contributed by atoms with Gasteiger partial charge in [-0.25, -0.2) is 0 Å². The summed E-state index contributed by atoms with van der Waals surface area (Å²) < 4.78 is 2.57. The largest absolute Gasteiger partial charge is 0.312 e. The van der Waals surface area contributed by atoms with Crippen molar-refractivity contribution in [1.82, 2.24) is 9.80 Å². The second-order valence-corrected chi connectivity index (χ2v) is 12.4. The molecule has 5 heterocycles. The van der Waals surface area contributed by atoms with E-state index < -0.39 is 0 Å². The van der Waals surface area contributed by atoms with E-state index in [0.29, 0.717) is 24.4 Å². The Balaban J connectivity index is 1.01. The zero-order chi connectivity index (χ0) is 23.4. The van der Waals surface area contributed by atoms with E-state index in [0.717, 1.165) is 49.0 Å². The van der Waals surface area contributed by atoms with Gasteiger partial charge in [0.2, 0.25) is 0 Å². The molecule has 8 heteroatoms. The molecule has 34 heavy (non-hydrogen) atoms. The summed E-state index contributed by atoms with van der Waals surface area (Å²) in [5.41, 5.74) is 0. The molecule has 3 saturated heterocycles. The van der Waals surface area contributed by atoms with E-state index in [4.69, 9.17) is 0 Å². The lowest BCUT2D eigenvalue weighted by Gasteiger charge is -2.54. The van der Waals surface area contributed by atoms with Gasteiger partial charge in [0, 0.05) is 52.1 Å². The number of thiophene rings is 2. The summed E-state index contributed by atoms with van der Waals surface area (Å²) in [5, 5.41) is 3.97. The molecule has 2 aromatic heterocycles. The van der Waals surface area contributed by atoms with Crippen molar-refractivity contribution in [3.05, 3.63) is 44.8 Å². The summed E-state index contributed by atoms with van der Waals surface area (Å²) in [6.45, 7) is 16.5. The molecule has 0 unspecified atom stereocenters. The Hall–Kier alpha value is -1.42. The van der Waals surface area contributed by atoms with Gasteiger partial charge in [-0.3, -0.25) is 19.4 Å². The van der Waals surface area contributed by atoms with Crippen LogP contribution in [0.1, 0.15) is 32.2 Å². The van der Waals surface area contributed by atoms with Crippen LogP contribution in [0, 0.1) is 0 Å². The summed E-state index contributed by atoms with van der Waals surface area (Å²) in [4.78, 5) is 31.5. The monoisotopic (exact) mass is 502 g/mol.